The van der Waals surface area contributed by atoms with Crippen LogP contribution in [-0.4, -0.2) is 21.2 Å². The van der Waals surface area contributed by atoms with Gasteiger partial charge >= 0.3 is 5.97 Å². The van der Waals surface area contributed by atoms with Gasteiger partial charge in [-0.3, -0.25) is 4.79 Å². The Balaban J connectivity index is 3.17. The van der Waals surface area contributed by atoms with Crippen molar-refractivity contribution in [3.05, 3.63) is 21.9 Å². The van der Waals surface area contributed by atoms with E-state index in [4.69, 9.17) is 10.2 Å². The van der Waals surface area contributed by atoms with Crippen LogP contribution in [0, 0.1) is 0 Å². The van der Waals surface area contributed by atoms with Gasteiger partial charge in [-0.25, -0.2) is 13.8 Å². The number of halogens is 3. The van der Waals surface area contributed by atoms with Gasteiger partial charge in [0.1, 0.15) is 11.4 Å². The predicted octanol–water partition coefficient (Wildman–Crippen LogP) is 2.11. The number of hydrogen-bond donors (Lipinski definition) is 2. The van der Waals surface area contributed by atoms with Crippen LogP contribution in [0.3, 0.4) is 0 Å². The summed E-state index contributed by atoms with van der Waals surface area (Å²) in [6.45, 7) is 0. The average Bonchev–Trinajstić information content (AvgIpc) is 2.08. The maximum atomic E-state index is 12.3. The first kappa shape index (κ1) is 11.8. The number of alkyl halides is 2. The molecule has 15 heavy (non-hydrogen) atoms. The van der Waals surface area contributed by atoms with Gasteiger partial charge in [-0.05, 0) is 22.0 Å². The van der Waals surface area contributed by atoms with Crippen LogP contribution in [0.1, 0.15) is 17.8 Å². The molecule has 0 saturated carbocycles. The molecule has 7 heteroatoms. The summed E-state index contributed by atoms with van der Waals surface area (Å²) < 4.78 is 24.8. The Labute approximate surface area is 91.7 Å². The lowest BCUT2D eigenvalue weighted by atomic mass is 10.2. The number of nitrogens with zero attached hydrogens (tertiary/aromatic N) is 1. The summed E-state index contributed by atoms with van der Waals surface area (Å²) in [4.78, 5) is 13.8. The number of carbonyl (C=O) groups is 1. The second-order valence-electron chi connectivity index (χ2n) is 2.69. The van der Waals surface area contributed by atoms with Crippen LogP contribution in [0.4, 0.5) is 8.78 Å². The van der Waals surface area contributed by atoms with Crippen LogP contribution in [0.5, 0.6) is 5.75 Å². The Morgan fingerprint density at radius 3 is 2.67 bits per heavy atom. The molecule has 0 aromatic carbocycles. The summed E-state index contributed by atoms with van der Waals surface area (Å²) in [7, 11) is 0. The molecule has 1 aromatic rings. The second kappa shape index (κ2) is 4.52. The second-order valence-corrected chi connectivity index (χ2v) is 3.55. The van der Waals surface area contributed by atoms with Crippen molar-refractivity contribution in [3.8, 4) is 5.75 Å². The first-order chi connectivity index (χ1) is 6.91. The molecule has 4 nitrogen and oxygen atoms in total. The van der Waals surface area contributed by atoms with Crippen molar-refractivity contribution in [2.45, 2.75) is 12.8 Å². The highest BCUT2D eigenvalue weighted by molar-refractivity contribution is 9.10. The highest BCUT2D eigenvalue weighted by atomic mass is 79.9. The standard InChI is InChI=1S/C8H6BrF2NO3/c9-3-1-5(13)7(8(10)11)12-4(3)2-6(14)15/h1,8,13H,2H2,(H,14,15). The Bertz CT molecular complexity index is 398. The number of carboxylic acid groups (broad SMARTS) is 1. The molecule has 0 saturated heterocycles. The quantitative estimate of drug-likeness (QED) is 0.890. The van der Waals surface area contributed by atoms with Crippen LogP contribution in [-0.2, 0) is 11.2 Å². The molecular weight excluding hydrogens is 276 g/mol. The van der Waals surface area contributed by atoms with Crippen molar-refractivity contribution in [2.75, 3.05) is 0 Å². The Kier molecular flexibility index (Phi) is 3.57. The number of pyridine rings is 1. The minimum atomic E-state index is -2.94. The molecule has 0 amide bonds. The first-order valence-corrected chi connectivity index (χ1v) is 4.59. The van der Waals surface area contributed by atoms with Crippen LogP contribution in [0.15, 0.2) is 10.5 Å². The van der Waals surface area contributed by atoms with E-state index in [0.29, 0.717) is 0 Å². The molecule has 0 spiro atoms. The van der Waals surface area contributed by atoms with E-state index in [9.17, 15) is 13.6 Å². The van der Waals surface area contributed by atoms with Gasteiger partial charge in [0.05, 0.1) is 12.1 Å². The maximum Gasteiger partial charge on any atom is 0.309 e. The molecule has 1 rings (SSSR count). The zero-order chi connectivity index (χ0) is 11.6. The number of aliphatic carboxylic acids is 1. The van der Waals surface area contributed by atoms with Crippen LogP contribution < -0.4 is 0 Å². The van der Waals surface area contributed by atoms with Crippen LogP contribution in [0.25, 0.3) is 0 Å². The summed E-state index contributed by atoms with van der Waals surface area (Å²) in [6, 6.07) is 1.01. The summed E-state index contributed by atoms with van der Waals surface area (Å²) in [6.07, 6.45) is -3.42. The fourth-order valence-electron chi connectivity index (χ4n) is 0.961. The third-order valence-electron chi connectivity index (χ3n) is 1.58. The van der Waals surface area contributed by atoms with Crippen LogP contribution in [0.2, 0.25) is 0 Å². The molecule has 0 aliphatic carbocycles. The smallest absolute Gasteiger partial charge is 0.309 e. The monoisotopic (exact) mass is 281 g/mol. The van der Waals surface area contributed by atoms with Crippen molar-refractivity contribution in [3.63, 3.8) is 0 Å². The van der Waals surface area contributed by atoms with Gasteiger partial charge < -0.3 is 10.2 Å². The van der Waals surface area contributed by atoms with E-state index in [1.54, 1.807) is 0 Å². The molecule has 0 bridgehead atoms. The van der Waals surface area contributed by atoms with Crippen molar-refractivity contribution >= 4 is 21.9 Å². The molecule has 82 valence electrons. The molecule has 2 N–H and O–H groups in total. The summed E-state index contributed by atoms with van der Waals surface area (Å²) in [5.74, 6) is -1.85. The lowest BCUT2D eigenvalue weighted by Crippen LogP contribution is -2.05. The Morgan fingerprint density at radius 1 is 1.60 bits per heavy atom. The molecule has 1 aromatic heterocycles. The average molecular weight is 282 g/mol. The van der Waals surface area contributed by atoms with E-state index >= 15 is 0 Å². The molecule has 0 fully saturated rings. The van der Waals surface area contributed by atoms with Gasteiger partial charge in [-0.1, -0.05) is 0 Å². The van der Waals surface area contributed by atoms with E-state index in [0.717, 1.165) is 6.07 Å². The SMILES string of the molecule is O=C(O)Cc1nc(C(F)F)c(O)cc1Br. The van der Waals surface area contributed by atoms with Crippen molar-refractivity contribution < 1.29 is 23.8 Å². The molecule has 1 heterocycles. The van der Waals surface area contributed by atoms with E-state index < -0.39 is 30.3 Å². The number of rotatable bonds is 3. The van der Waals surface area contributed by atoms with Gasteiger partial charge in [-0.15, -0.1) is 0 Å². The topological polar surface area (TPSA) is 70.4 Å². The number of aromatic hydroxyl groups is 1. The van der Waals surface area contributed by atoms with E-state index in [1.165, 1.54) is 0 Å². The fraction of sp³-hybridized carbons (Fsp3) is 0.250. The van der Waals surface area contributed by atoms with E-state index in [1.807, 2.05) is 0 Å². The summed E-state index contributed by atoms with van der Waals surface area (Å²) in [5.41, 5.74) is -0.856. The molecular formula is C8H6BrF2NO3. The van der Waals surface area contributed by atoms with Crippen molar-refractivity contribution in [2.24, 2.45) is 0 Å². The number of carboxylic acids is 1. The summed E-state index contributed by atoms with van der Waals surface area (Å²) >= 11 is 2.93. The lowest BCUT2D eigenvalue weighted by molar-refractivity contribution is -0.136. The molecule has 0 atom stereocenters. The highest BCUT2D eigenvalue weighted by Gasteiger charge is 2.18. The Morgan fingerprint density at radius 2 is 2.20 bits per heavy atom. The van der Waals surface area contributed by atoms with Gasteiger partial charge in [-0.2, -0.15) is 0 Å². The van der Waals surface area contributed by atoms with Crippen LogP contribution >= 0.6 is 15.9 Å². The zero-order valence-corrected chi connectivity index (χ0v) is 8.83. The third kappa shape index (κ3) is 2.85. The summed E-state index contributed by atoms with van der Waals surface area (Å²) in [5, 5.41) is 17.6. The fourth-order valence-corrected chi connectivity index (χ4v) is 1.41. The minimum absolute atomic E-state index is 0.0457. The van der Waals surface area contributed by atoms with E-state index in [-0.39, 0.29) is 10.2 Å². The molecule has 0 aliphatic heterocycles. The number of hydrogen-bond acceptors (Lipinski definition) is 3. The van der Waals surface area contributed by atoms with Gasteiger partial charge in [0.25, 0.3) is 6.43 Å². The molecule has 0 radical (unpaired) electrons. The lowest BCUT2D eigenvalue weighted by Gasteiger charge is -2.06. The molecule has 0 unspecified atom stereocenters. The van der Waals surface area contributed by atoms with Gasteiger partial charge in [0.15, 0.2) is 0 Å². The molecule has 0 aliphatic rings. The van der Waals surface area contributed by atoms with Crippen molar-refractivity contribution in [1.82, 2.24) is 4.98 Å². The Hall–Kier alpha value is -1.24. The number of aromatic nitrogens is 1. The third-order valence-corrected chi connectivity index (χ3v) is 2.27. The predicted molar refractivity (Wildman–Crippen MR) is 49.9 cm³/mol. The normalized spacial score (nSPS) is 10.7. The van der Waals surface area contributed by atoms with E-state index in [2.05, 4.69) is 20.9 Å². The highest BCUT2D eigenvalue weighted by Crippen LogP contribution is 2.30. The zero-order valence-electron chi connectivity index (χ0n) is 7.25. The van der Waals surface area contributed by atoms with Gasteiger partial charge in [0, 0.05) is 4.47 Å². The maximum absolute atomic E-state index is 12.3. The first-order valence-electron chi connectivity index (χ1n) is 3.80. The van der Waals surface area contributed by atoms with Crippen molar-refractivity contribution in [1.29, 1.82) is 0 Å². The van der Waals surface area contributed by atoms with Gasteiger partial charge in [0.2, 0.25) is 0 Å². The minimum Gasteiger partial charge on any atom is -0.506 e. The largest absolute Gasteiger partial charge is 0.506 e.